The van der Waals surface area contributed by atoms with E-state index < -0.39 is 0 Å². The maximum absolute atomic E-state index is 12.3. The maximum atomic E-state index is 12.3. The van der Waals surface area contributed by atoms with E-state index in [0.29, 0.717) is 12.6 Å². The van der Waals surface area contributed by atoms with Crippen molar-refractivity contribution in [3.8, 4) is 0 Å². The predicted octanol–water partition coefficient (Wildman–Crippen LogP) is 4.10. The van der Waals surface area contributed by atoms with Crippen molar-refractivity contribution in [3.05, 3.63) is 58.3 Å². The molecular weight excluding hydrogens is 304 g/mol. The van der Waals surface area contributed by atoms with Gasteiger partial charge in [0.05, 0.1) is 6.04 Å². The van der Waals surface area contributed by atoms with Crippen molar-refractivity contribution in [2.24, 2.45) is 0 Å². The van der Waals surface area contributed by atoms with Gasteiger partial charge in [0.2, 0.25) is 0 Å². The van der Waals surface area contributed by atoms with Crippen LogP contribution in [0.15, 0.2) is 47.8 Å². The maximum Gasteiger partial charge on any atom is 0.251 e. The van der Waals surface area contributed by atoms with Crippen LogP contribution in [0.3, 0.4) is 0 Å². The van der Waals surface area contributed by atoms with Crippen LogP contribution in [-0.2, 0) is 0 Å². The van der Waals surface area contributed by atoms with Crippen LogP contribution >= 0.6 is 11.3 Å². The molecule has 0 unspecified atom stereocenters. The lowest BCUT2D eigenvalue weighted by atomic mass is 10.1. The van der Waals surface area contributed by atoms with E-state index >= 15 is 0 Å². The number of benzene rings is 1. The summed E-state index contributed by atoms with van der Waals surface area (Å²) in [6.45, 7) is 2.93. The highest BCUT2D eigenvalue weighted by molar-refractivity contribution is 7.10. The molecule has 3 rings (SSSR count). The Labute approximate surface area is 142 Å². The fourth-order valence-electron chi connectivity index (χ4n) is 3.18. The van der Waals surface area contributed by atoms with Crippen LogP contribution in [0.1, 0.15) is 47.0 Å². The SMILES string of the molecule is O=C(NC[C@@H](c1cccs1)N1CCCCCC1)c1ccccc1. The summed E-state index contributed by atoms with van der Waals surface area (Å²) in [6.07, 6.45) is 5.16. The smallest absolute Gasteiger partial charge is 0.251 e. The van der Waals surface area contributed by atoms with Crippen LogP contribution in [-0.4, -0.2) is 30.4 Å². The largest absolute Gasteiger partial charge is 0.350 e. The Morgan fingerprint density at radius 1 is 1.04 bits per heavy atom. The zero-order chi connectivity index (χ0) is 15.9. The van der Waals surface area contributed by atoms with Gasteiger partial charge in [-0.2, -0.15) is 0 Å². The quantitative estimate of drug-likeness (QED) is 0.896. The topological polar surface area (TPSA) is 32.3 Å². The number of amides is 1. The zero-order valence-corrected chi connectivity index (χ0v) is 14.2. The van der Waals surface area contributed by atoms with E-state index in [1.54, 1.807) is 11.3 Å². The number of thiophene rings is 1. The molecule has 4 heteroatoms. The average Bonchev–Trinajstić information content (AvgIpc) is 2.99. The number of likely N-dealkylation sites (tertiary alicyclic amines) is 1. The van der Waals surface area contributed by atoms with Crippen LogP contribution in [0.25, 0.3) is 0 Å². The van der Waals surface area contributed by atoms with Gasteiger partial charge in [-0.15, -0.1) is 11.3 Å². The first kappa shape index (κ1) is 16.2. The minimum Gasteiger partial charge on any atom is -0.350 e. The predicted molar refractivity (Wildman–Crippen MR) is 95.9 cm³/mol. The van der Waals surface area contributed by atoms with Crippen LogP contribution in [0.5, 0.6) is 0 Å². The van der Waals surface area contributed by atoms with Crippen molar-refractivity contribution < 1.29 is 4.79 Å². The number of hydrogen-bond donors (Lipinski definition) is 1. The molecule has 0 spiro atoms. The molecule has 1 amide bonds. The first-order chi connectivity index (χ1) is 11.3. The Morgan fingerprint density at radius 3 is 2.43 bits per heavy atom. The monoisotopic (exact) mass is 328 g/mol. The summed E-state index contributed by atoms with van der Waals surface area (Å²) in [5.41, 5.74) is 0.730. The molecule has 122 valence electrons. The van der Waals surface area contributed by atoms with Gasteiger partial charge in [-0.25, -0.2) is 0 Å². The molecule has 1 N–H and O–H groups in total. The second-order valence-electron chi connectivity index (χ2n) is 6.06. The highest BCUT2D eigenvalue weighted by atomic mass is 32.1. The number of rotatable bonds is 5. The molecule has 1 atom stereocenters. The third-order valence-electron chi connectivity index (χ3n) is 4.44. The van der Waals surface area contributed by atoms with E-state index in [0.717, 1.165) is 18.7 Å². The minimum absolute atomic E-state index is 0.0157. The van der Waals surface area contributed by atoms with Crippen molar-refractivity contribution in [3.63, 3.8) is 0 Å². The summed E-state index contributed by atoms with van der Waals surface area (Å²) in [5.74, 6) is 0.0157. The van der Waals surface area contributed by atoms with Gasteiger partial charge in [0.15, 0.2) is 0 Å². The lowest BCUT2D eigenvalue weighted by Crippen LogP contribution is -2.38. The van der Waals surface area contributed by atoms with Crippen molar-refractivity contribution in [2.45, 2.75) is 31.7 Å². The number of hydrogen-bond acceptors (Lipinski definition) is 3. The molecule has 2 heterocycles. The molecular formula is C19H24N2OS. The van der Waals surface area contributed by atoms with Crippen LogP contribution in [0.2, 0.25) is 0 Å². The third kappa shape index (κ3) is 4.43. The molecule has 1 aliphatic rings. The van der Waals surface area contributed by atoms with Gasteiger partial charge >= 0.3 is 0 Å². The Morgan fingerprint density at radius 2 is 1.78 bits per heavy atom. The van der Waals surface area contributed by atoms with Crippen LogP contribution in [0.4, 0.5) is 0 Å². The molecule has 1 aromatic heterocycles. The molecule has 23 heavy (non-hydrogen) atoms. The first-order valence-electron chi connectivity index (χ1n) is 8.45. The van der Waals surface area contributed by atoms with E-state index in [1.807, 2.05) is 30.3 Å². The summed E-state index contributed by atoms with van der Waals surface area (Å²) in [4.78, 5) is 16.2. The van der Waals surface area contributed by atoms with E-state index in [-0.39, 0.29) is 5.91 Å². The van der Waals surface area contributed by atoms with Gasteiger partial charge in [0.25, 0.3) is 5.91 Å². The highest BCUT2D eigenvalue weighted by Crippen LogP contribution is 2.27. The van der Waals surface area contributed by atoms with Crippen molar-refractivity contribution in [1.82, 2.24) is 10.2 Å². The van der Waals surface area contributed by atoms with E-state index in [1.165, 1.54) is 30.6 Å². The van der Waals surface area contributed by atoms with Crippen molar-refractivity contribution >= 4 is 17.2 Å². The zero-order valence-electron chi connectivity index (χ0n) is 13.4. The molecule has 0 radical (unpaired) electrons. The van der Waals surface area contributed by atoms with Gasteiger partial charge in [0, 0.05) is 17.0 Å². The number of carbonyl (C=O) groups is 1. The fourth-order valence-corrected chi connectivity index (χ4v) is 4.04. The Bertz CT molecular complexity index is 589. The fraction of sp³-hybridized carbons (Fsp3) is 0.421. The number of carbonyl (C=O) groups excluding carboxylic acids is 1. The molecule has 1 aromatic carbocycles. The first-order valence-corrected chi connectivity index (χ1v) is 9.33. The highest BCUT2D eigenvalue weighted by Gasteiger charge is 2.23. The third-order valence-corrected chi connectivity index (χ3v) is 5.42. The summed E-state index contributed by atoms with van der Waals surface area (Å²) in [5, 5.41) is 5.26. The Hall–Kier alpha value is -1.65. The molecule has 3 nitrogen and oxygen atoms in total. The Balaban J connectivity index is 1.67. The lowest BCUT2D eigenvalue weighted by molar-refractivity contribution is 0.0934. The molecule has 1 fully saturated rings. The van der Waals surface area contributed by atoms with E-state index in [4.69, 9.17) is 0 Å². The second-order valence-corrected chi connectivity index (χ2v) is 7.04. The number of nitrogens with one attached hydrogen (secondary N) is 1. The van der Waals surface area contributed by atoms with Crippen LogP contribution < -0.4 is 5.32 Å². The molecule has 1 aliphatic heterocycles. The molecule has 2 aromatic rings. The van der Waals surface area contributed by atoms with Gasteiger partial charge < -0.3 is 5.32 Å². The van der Waals surface area contributed by atoms with Gasteiger partial charge in [-0.05, 0) is 49.5 Å². The molecule has 0 bridgehead atoms. The van der Waals surface area contributed by atoms with Crippen LogP contribution in [0, 0.1) is 0 Å². The Kier molecular flexibility index (Phi) is 5.83. The number of nitrogens with zero attached hydrogens (tertiary/aromatic N) is 1. The van der Waals surface area contributed by atoms with Gasteiger partial charge in [-0.3, -0.25) is 9.69 Å². The molecule has 0 saturated carbocycles. The summed E-state index contributed by atoms with van der Waals surface area (Å²) in [6, 6.07) is 14.0. The molecule has 1 saturated heterocycles. The summed E-state index contributed by atoms with van der Waals surface area (Å²) in [7, 11) is 0. The minimum atomic E-state index is 0.0157. The normalized spacial score (nSPS) is 17.4. The van der Waals surface area contributed by atoms with E-state index in [2.05, 4.69) is 27.7 Å². The standard InChI is InChI=1S/C19H24N2OS/c22-19(16-9-4-3-5-10-16)20-15-17(18-11-8-14-23-18)21-12-6-1-2-7-13-21/h3-5,8-11,14,17H,1-2,6-7,12-13,15H2,(H,20,22)/t17-/m0/s1. The van der Waals surface area contributed by atoms with E-state index in [9.17, 15) is 4.79 Å². The van der Waals surface area contributed by atoms with Crippen molar-refractivity contribution in [1.29, 1.82) is 0 Å². The summed E-state index contributed by atoms with van der Waals surface area (Å²) < 4.78 is 0. The lowest BCUT2D eigenvalue weighted by Gasteiger charge is -2.30. The molecule has 0 aliphatic carbocycles. The summed E-state index contributed by atoms with van der Waals surface area (Å²) >= 11 is 1.79. The van der Waals surface area contributed by atoms with Crippen molar-refractivity contribution in [2.75, 3.05) is 19.6 Å². The van der Waals surface area contributed by atoms with Gasteiger partial charge in [0.1, 0.15) is 0 Å². The average molecular weight is 328 g/mol. The van der Waals surface area contributed by atoms with Gasteiger partial charge in [-0.1, -0.05) is 37.1 Å². The second kappa shape index (κ2) is 8.27.